The molecule has 2 aromatic rings. The molecule has 0 N–H and O–H groups in total. The molecule has 100 valence electrons. The molecule has 0 fully saturated rings. The fourth-order valence-electron chi connectivity index (χ4n) is 1.55. The van der Waals surface area contributed by atoms with Gasteiger partial charge >= 0.3 is 6.18 Å². The number of nitrogens with zero attached hydrogens (tertiary/aromatic N) is 3. The summed E-state index contributed by atoms with van der Waals surface area (Å²) in [6.45, 7) is 1.82. The van der Waals surface area contributed by atoms with E-state index in [4.69, 9.17) is 4.74 Å². The number of alkyl halides is 3. The van der Waals surface area contributed by atoms with E-state index in [2.05, 4.69) is 15.2 Å². The zero-order valence-electron chi connectivity index (χ0n) is 10.2. The lowest BCUT2D eigenvalue weighted by atomic mass is 10.1. The Hall–Kier alpha value is -2.18. The summed E-state index contributed by atoms with van der Waals surface area (Å²) in [5.41, 5.74) is 0.555. The van der Waals surface area contributed by atoms with E-state index in [-0.39, 0.29) is 11.4 Å². The molecule has 2 aromatic heterocycles. The van der Waals surface area contributed by atoms with Crippen molar-refractivity contribution in [3.8, 4) is 17.0 Å². The molecule has 7 heteroatoms. The van der Waals surface area contributed by atoms with Gasteiger partial charge in [0.2, 0.25) is 0 Å². The van der Waals surface area contributed by atoms with Crippen molar-refractivity contribution in [3.63, 3.8) is 0 Å². The maximum atomic E-state index is 12.5. The molecule has 4 nitrogen and oxygen atoms in total. The van der Waals surface area contributed by atoms with E-state index in [1.807, 2.05) is 6.92 Å². The topological polar surface area (TPSA) is 47.9 Å². The monoisotopic (exact) mass is 269 g/mol. The summed E-state index contributed by atoms with van der Waals surface area (Å²) >= 11 is 0. The van der Waals surface area contributed by atoms with Crippen LogP contribution in [0.4, 0.5) is 13.2 Å². The summed E-state index contributed by atoms with van der Waals surface area (Å²) in [6, 6.07) is 2.57. The SMILES string of the molecule is COc1cc(C(F)(F)F)nnc1-c1cncc(C)c1. The van der Waals surface area contributed by atoms with E-state index in [9.17, 15) is 13.2 Å². The molecule has 0 atom stereocenters. The predicted octanol–water partition coefficient (Wildman–Crippen LogP) is 2.87. The first kappa shape index (κ1) is 13.3. The molecular formula is C12H10F3N3O. The molecule has 2 rings (SSSR count). The second-order valence-electron chi connectivity index (χ2n) is 3.90. The van der Waals surface area contributed by atoms with E-state index < -0.39 is 11.9 Å². The van der Waals surface area contributed by atoms with Gasteiger partial charge in [-0.2, -0.15) is 13.2 Å². The highest BCUT2D eigenvalue weighted by molar-refractivity contribution is 5.65. The van der Waals surface area contributed by atoms with Crippen molar-refractivity contribution in [3.05, 3.63) is 35.8 Å². The Labute approximate surface area is 107 Å². The third-order valence-corrected chi connectivity index (χ3v) is 2.42. The van der Waals surface area contributed by atoms with Crippen molar-refractivity contribution in [2.24, 2.45) is 0 Å². The highest BCUT2D eigenvalue weighted by atomic mass is 19.4. The van der Waals surface area contributed by atoms with Gasteiger partial charge in [-0.1, -0.05) is 0 Å². The summed E-state index contributed by atoms with van der Waals surface area (Å²) in [7, 11) is 1.28. The molecule has 0 spiro atoms. The highest BCUT2D eigenvalue weighted by Gasteiger charge is 2.34. The highest BCUT2D eigenvalue weighted by Crippen LogP contribution is 2.33. The summed E-state index contributed by atoms with van der Waals surface area (Å²) in [4.78, 5) is 3.96. The summed E-state index contributed by atoms with van der Waals surface area (Å²) in [6.07, 6.45) is -1.43. The Bertz CT molecular complexity index is 599. The molecule has 0 aliphatic carbocycles. The number of ether oxygens (including phenoxy) is 1. The maximum absolute atomic E-state index is 12.5. The normalized spacial score (nSPS) is 11.4. The third-order valence-electron chi connectivity index (χ3n) is 2.42. The van der Waals surface area contributed by atoms with Gasteiger partial charge in [0.25, 0.3) is 0 Å². The summed E-state index contributed by atoms with van der Waals surface area (Å²) < 4.78 is 42.5. The molecule has 2 heterocycles. The Morgan fingerprint density at radius 1 is 1.11 bits per heavy atom. The molecule has 19 heavy (non-hydrogen) atoms. The van der Waals surface area contributed by atoms with Gasteiger partial charge in [-0.25, -0.2) is 0 Å². The number of aryl methyl sites for hydroxylation is 1. The molecule has 0 amide bonds. The molecule has 0 aliphatic heterocycles. The van der Waals surface area contributed by atoms with Crippen LogP contribution in [-0.4, -0.2) is 22.3 Å². The van der Waals surface area contributed by atoms with Crippen LogP contribution in [-0.2, 0) is 6.18 Å². The smallest absolute Gasteiger partial charge is 0.435 e. The van der Waals surface area contributed by atoms with Crippen LogP contribution in [0.1, 0.15) is 11.3 Å². The molecule has 0 saturated heterocycles. The molecule has 0 bridgehead atoms. The maximum Gasteiger partial charge on any atom is 0.435 e. The first-order chi connectivity index (χ1) is 8.91. The van der Waals surface area contributed by atoms with E-state index in [0.29, 0.717) is 5.56 Å². The molecule has 0 aromatic carbocycles. The van der Waals surface area contributed by atoms with Crippen LogP contribution in [0.5, 0.6) is 5.75 Å². The first-order valence-corrected chi connectivity index (χ1v) is 5.32. The predicted molar refractivity (Wildman–Crippen MR) is 61.6 cm³/mol. The summed E-state index contributed by atoms with van der Waals surface area (Å²) in [5.74, 6) is 0.00900. The Morgan fingerprint density at radius 3 is 2.42 bits per heavy atom. The molecule has 0 saturated carbocycles. The lowest BCUT2D eigenvalue weighted by molar-refractivity contribution is -0.141. The van der Waals surface area contributed by atoms with Crippen molar-refractivity contribution in [1.29, 1.82) is 0 Å². The second-order valence-corrected chi connectivity index (χ2v) is 3.90. The number of halogens is 3. The summed E-state index contributed by atoms with van der Waals surface area (Å²) in [5, 5.41) is 6.77. The van der Waals surface area contributed by atoms with Gasteiger partial charge in [-0.15, -0.1) is 10.2 Å². The van der Waals surface area contributed by atoms with Gasteiger partial charge in [-0.3, -0.25) is 4.98 Å². The number of hydrogen-bond donors (Lipinski definition) is 0. The molecule has 0 unspecified atom stereocenters. The Morgan fingerprint density at radius 2 is 1.84 bits per heavy atom. The van der Waals surface area contributed by atoms with Gasteiger partial charge in [0.1, 0.15) is 11.4 Å². The lowest BCUT2D eigenvalue weighted by Crippen LogP contribution is -2.10. The van der Waals surface area contributed by atoms with Crippen LogP contribution in [0.3, 0.4) is 0 Å². The van der Waals surface area contributed by atoms with Crippen molar-refractivity contribution in [2.75, 3.05) is 7.11 Å². The van der Waals surface area contributed by atoms with Gasteiger partial charge in [0.05, 0.1) is 7.11 Å². The van der Waals surface area contributed by atoms with E-state index in [0.717, 1.165) is 11.6 Å². The van der Waals surface area contributed by atoms with Gasteiger partial charge < -0.3 is 4.74 Å². The quantitative estimate of drug-likeness (QED) is 0.841. The number of rotatable bonds is 2. The minimum Gasteiger partial charge on any atom is -0.494 e. The van der Waals surface area contributed by atoms with Crippen LogP contribution < -0.4 is 4.74 Å². The Balaban J connectivity index is 2.53. The standard InChI is InChI=1S/C12H10F3N3O/c1-7-3-8(6-16-5-7)11-9(19-2)4-10(17-18-11)12(13,14)15/h3-6H,1-2H3. The van der Waals surface area contributed by atoms with Crippen LogP contribution in [0.15, 0.2) is 24.5 Å². The van der Waals surface area contributed by atoms with Crippen LogP contribution in [0, 0.1) is 6.92 Å². The number of pyridine rings is 1. The average molecular weight is 269 g/mol. The van der Waals surface area contributed by atoms with Gasteiger partial charge in [0.15, 0.2) is 5.69 Å². The fourth-order valence-corrected chi connectivity index (χ4v) is 1.55. The zero-order valence-corrected chi connectivity index (χ0v) is 10.2. The van der Waals surface area contributed by atoms with Crippen LogP contribution in [0.25, 0.3) is 11.3 Å². The van der Waals surface area contributed by atoms with Gasteiger partial charge in [0, 0.05) is 24.0 Å². The zero-order chi connectivity index (χ0) is 14.0. The van der Waals surface area contributed by atoms with Crippen molar-refractivity contribution in [2.45, 2.75) is 13.1 Å². The minimum atomic E-state index is -4.55. The number of methoxy groups -OCH3 is 1. The molecular weight excluding hydrogens is 259 g/mol. The van der Waals surface area contributed by atoms with Crippen molar-refractivity contribution in [1.82, 2.24) is 15.2 Å². The van der Waals surface area contributed by atoms with E-state index in [1.54, 1.807) is 12.3 Å². The van der Waals surface area contributed by atoms with Gasteiger partial charge in [-0.05, 0) is 18.6 Å². The average Bonchev–Trinajstić information content (AvgIpc) is 2.37. The molecule has 0 aliphatic rings. The van der Waals surface area contributed by atoms with E-state index >= 15 is 0 Å². The van der Waals surface area contributed by atoms with E-state index in [1.165, 1.54) is 13.3 Å². The number of aromatic nitrogens is 3. The minimum absolute atomic E-state index is 0.00900. The van der Waals surface area contributed by atoms with Crippen LogP contribution >= 0.6 is 0 Å². The third kappa shape index (κ3) is 2.81. The Kier molecular flexibility index (Phi) is 3.37. The lowest BCUT2D eigenvalue weighted by Gasteiger charge is -2.10. The largest absolute Gasteiger partial charge is 0.494 e. The van der Waals surface area contributed by atoms with Crippen LogP contribution in [0.2, 0.25) is 0 Å². The molecule has 0 radical (unpaired) electrons. The van der Waals surface area contributed by atoms with Crippen molar-refractivity contribution >= 4 is 0 Å². The number of hydrogen-bond acceptors (Lipinski definition) is 4. The second kappa shape index (κ2) is 4.83. The van der Waals surface area contributed by atoms with Crippen molar-refractivity contribution < 1.29 is 17.9 Å². The first-order valence-electron chi connectivity index (χ1n) is 5.32. The fraction of sp³-hybridized carbons (Fsp3) is 0.250.